The van der Waals surface area contributed by atoms with Crippen molar-refractivity contribution < 1.29 is 0 Å². The molecule has 1 rings (SSSR count). The van der Waals surface area contributed by atoms with Crippen molar-refractivity contribution in [3.05, 3.63) is 28.7 Å². The van der Waals surface area contributed by atoms with E-state index in [1.54, 1.807) is 0 Å². The summed E-state index contributed by atoms with van der Waals surface area (Å²) in [4.78, 5) is 9.75. The van der Waals surface area contributed by atoms with E-state index in [-0.39, 0.29) is 0 Å². The van der Waals surface area contributed by atoms with Crippen molar-refractivity contribution >= 4 is 0 Å². The van der Waals surface area contributed by atoms with E-state index in [1.165, 1.54) is 5.57 Å². The van der Waals surface area contributed by atoms with Gasteiger partial charge in [-0.05, 0) is 19.3 Å². The van der Waals surface area contributed by atoms with Gasteiger partial charge in [0.2, 0.25) is 0 Å². The van der Waals surface area contributed by atoms with E-state index in [1.807, 2.05) is 0 Å². The fourth-order valence-electron chi connectivity index (χ4n) is 1.03. The van der Waals surface area contributed by atoms with Crippen LogP contribution in [0.2, 0.25) is 0 Å². The molecule has 0 N–H and O–H groups in total. The van der Waals surface area contributed by atoms with E-state index in [9.17, 15) is 4.91 Å². The van der Waals surface area contributed by atoms with Gasteiger partial charge in [-0.25, -0.2) is 0 Å². The zero-order valence-electron chi connectivity index (χ0n) is 5.92. The fraction of sp³-hybridized carbons (Fsp3) is 0.500. The second-order valence-electron chi connectivity index (χ2n) is 2.36. The lowest BCUT2D eigenvalue weighted by molar-refractivity contribution is 0.923. The van der Waals surface area contributed by atoms with E-state index in [0.29, 0.717) is 6.54 Å². The molecule has 0 aromatic carbocycles. The molecule has 0 spiro atoms. The van der Waals surface area contributed by atoms with Crippen molar-refractivity contribution in [3.63, 3.8) is 0 Å². The second-order valence-corrected chi connectivity index (χ2v) is 2.36. The highest BCUT2D eigenvalue weighted by Crippen LogP contribution is 2.12. The molecule has 0 radical (unpaired) electrons. The molecule has 54 valence electrons. The molecule has 0 atom stereocenters. The largest absolute Gasteiger partial charge is 0.151 e. The Hall–Kier alpha value is -0.920. The Balaban J connectivity index is 2.32. The molecule has 0 heterocycles. The summed E-state index contributed by atoms with van der Waals surface area (Å²) in [5, 5.41) is 2.81. The number of nitrogens with zero attached hydrogens (tertiary/aromatic N) is 1. The Labute approximate surface area is 60.6 Å². The van der Waals surface area contributed by atoms with Crippen LogP contribution in [0.25, 0.3) is 0 Å². The van der Waals surface area contributed by atoms with Crippen LogP contribution in [-0.4, -0.2) is 6.54 Å². The lowest BCUT2D eigenvalue weighted by atomic mass is 10.0. The highest BCUT2D eigenvalue weighted by atomic mass is 16.3. The zero-order chi connectivity index (χ0) is 7.23. The van der Waals surface area contributed by atoms with Crippen LogP contribution in [0, 0.1) is 4.91 Å². The maximum absolute atomic E-state index is 9.75. The first kappa shape index (κ1) is 7.19. The maximum atomic E-state index is 9.75. The molecular weight excluding hydrogens is 126 g/mol. The van der Waals surface area contributed by atoms with E-state index < -0.39 is 0 Å². The first-order valence-electron chi connectivity index (χ1n) is 3.58. The molecule has 0 aromatic rings. The third-order valence-corrected chi connectivity index (χ3v) is 1.56. The number of allylic oxidation sites excluding steroid dienone is 3. The molecule has 0 amide bonds. The first-order valence-corrected chi connectivity index (χ1v) is 3.58. The number of rotatable bonds is 3. The normalized spacial score (nSPS) is 16.6. The SMILES string of the molecule is O=NCCC1=CCCC=C1. The summed E-state index contributed by atoms with van der Waals surface area (Å²) in [5.41, 5.74) is 1.26. The quantitative estimate of drug-likeness (QED) is 0.549. The van der Waals surface area contributed by atoms with Gasteiger partial charge in [0.1, 0.15) is 0 Å². The molecule has 0 saturated carbocycles. The minimum absolute atomic E-state index is 0.413. The minimum atomic E-state index is 0.413. The summed E-state index contributed by atoms with van der Waals surface area (Å²) in [7, 11) is 0. The van der Waals surface area contributed by atoms with Gasteiger partial charge in [0, 0.05) is 0 Å². The topological polar surface area (TPSA) is 29.4 Å². The predicted molar refractivity (Wildman–Crippen MR) is 41.7 cm³/mol. The molecule has 1 aliphatic carbocycles. The molecule has 0 unspecified atom stereocenters. The third kappa shape index (κ3) is 2.13. The van der Waals surface area contributed by atoms with Gasteiger partial charge < -0.3 is 0 Å². The number of hydrogen-bond donors (Lipinski definition) is 0. The molecule has 0 aliphatic heterocycles. The van der Waals surface area contributed by atoms with Crippen molar-refractivity contribution in [3.8, 4) is 0 Å². The van der Waals surface area contributed by atoms with Crippen LogP contribution in [0.3, 0.4) is 0 Å². The van der Waals surface area contributed by atoms with Gasteiger partial charge in [0.15, 0.2) is 0 Å². The molecule has 0 aromatic heterocycles. The van der Waals surface area contributed by atoms with Crippen molar-refractivity contribution in [1.82, 2.24) is 0 Å². The predicted octanol–water partition coefficient (Wildman–Crippen LogP) is 2.42. The van der Waals surface area contributed by atoms with Gasteiger partial charge in [-0.3, -0.25) is 0 Å². The molecule has 2 heteroatoms. The van der Waals surface area contributed by atoms with Crippen molar-refractivity contribution in [2.24, 2.45) is 5.18 Å². The van der Waals surface area contributed by atoms with Crippen LogP contribution >= 0.6 is 0 Å². The van der Waals surface area contributed by atoms with Gasteiger partial charge >= 0.3 is 0 Å². The van der Waals surface area contributed by atoms with Gasteiger partial charge in [-0.1, -0.05) is 29.0 Å². The Morgan fingerprint density at radius 2 is 2.40 bits per heavy atom. The van der Waals surface area contributed by atoms with Gasteiger partial charge in [-0.15, -0.1) is 0 Å². The van der Waals surface area contributed by atoms with E-state index in [0.717, 1.165) is 19.3 Å². The van der Waals surface area contributed by atoms with Crippen molar-refractivity contribution in [1.29, 1.82) is 0 Å². The number of hydrogen-bond acceptors (Lipinski definition) is 2. The van der Waals surface area contributed by atoms with Gasteiger partial charge in [0.05, 0.1) is 6.54 Å². The smallest absolute Gasteiger partial charge is 0.0851 e. The molecule has 0 saturated heterocycles. The van der Waals surface area contributed by atoms with E-state index in [2.05, 4.69) is 23.4 Å². The van der Waals surface area contributed by atoms with Crippen LogP contribution in [0.4, 0.5) is 0 Å². The Kier molecular flexibility index (Phi) is 2.87. The van der Waals surface area contributed by atoms with Crippen molar-refractivity contribution in [2.45, 2.75) is 19.3 Å². The maximum Gasteiger partial charge on any atom is 0.0851 e. The van der Waals surface area contributed by atoms with Crippen LogP contribution in [0.5, 0.6) is 0 Å². The summed E-state index contributed by atoms with van der Waals surface area (Å²) in [6.07, 6.45) is 9.45. The fourth-order valence-corrected chi connectivity index (χ4v) is 1.03. The number of nitroso groups, excluding NO2 is 1. The first-order chi connectivity index (χ1) is 4.93. The Morgan fingerprint density at radius 3 is 3.00 bits per heavy atom. The van der Waals surface area contributed by atoms with Gasteiger partial charge in [-0.2, -0.15) is 4.91 Å². The molecule has 2 nitrogen and oxygen atoms in total. The van der Waals surface area contributed by atoms with Crippen LogP contribution < -0.4 is 0 Å². The van der Waals surface area contributed by atoms with Crippen LogP contribution in [-0.2, 0) is 0 Å². The lowest BCUT2D eigenvalue weighted by Gasteiger charge is -2.02. The molecule has 0 fully saturated rings. The molecule has 1 aliphatic rings. The van der Waals surface area contributed by atoms with E-state index >= 15 is 0 Å². The molecule has 10 heavy (non-hydrogen) atoms. The monoisotopic (exact) mass is 137 g/mol. The summed E-state index contributed by atoms with van der Waals surface area (Å²) in [6, 6.07) is 0. The summed E-state index contributed by atoms with van der Waals surface area (Å²) in [5.74, 6) is 0. The molecule has 0 bridgehead atoms. The van der Waals surface area contributed by atoms with Crippen LogP contribution in [0.15, 0.2) is 29.0 Å². The third-order valence-electron chi connectivity index (χ3n) is 1.56. The summed E-state index contributed by atoms with van der Waals surface area (Å²) in [6.45, 7) is 0.413. The minimum Gasteiger partial charge on any atom is -0.151 e. The highest BCUT2D eigenvalue weighted by molar-refractivity contribution is 5.22. The standard InChI is InChI=1S/C8H11NO/c10-9-7-6-8-4-2-1-3-5-8/h2,4-5H,1,3,6-7H2. The van der Waals surface area contributed by atoms with E-state index in [4.69, 9.17) is 0 Å². The summed E-state index contributed by atoms with van der Waals surface area (Å²) >= 11 is 0. The van der Waals surface area contributed by atoms with Gasteiger partial charge in [0.25, 0.3) is 0 Å². The van der Waals surface area contributed by atoms with Crippen molar-refractivity contribution in [2.75, 3.05) is 6.54 Å². The Morgan fingerprint density at radius 1 is 1.50 bits per heavy atom. The Bertz CT molecular complexity index is 170. The van der Waals surface area contributed by atoms with Crippen LogP contribution in [0.1, 0.15) is 19.3 Å². The highest BCUT2D eigenvalue weighted by Gasteiger charge is 1.95. The average Bonchev–Trinajstić information content (AvgIpc) is 2.03. The molecular formula is C8H11NO. The zero-order valence-corrected chi connectivity index (χ0v) is 5.92. The lowest BCUT2D eigenvalue weighted by Crippen LogP contribution is -1.87. The summed E-state index contributed by atoms with van der Waals surface area (Å²) < 4.78 is 0. The average molecular weight is 137 g/mol. The second kappa shape index (κ2) is 3.99.